The quantitative estimate of drug-likeness (QED) is 0.0300. The summed E-state index contributed by atoms with van der Waals surface area (Å²) in [4.78, 5) is 180. The Morgan fingerprint density at radius 3 is 1.47 bits per heavy atom. The molecule has 1 aromatic rings. The zero-order chi connectivity index (χ0) is 80.9. The molecule has 11 amide bonds. The number of carbonyl (C=O) groups is 13. The van der Waals surface area contributed by atoms with Gasteiger partial charge in [0, 0.05) is 6.54 Å². The first-order valence-corrected chi connectivity index (χ1v) is 32.9. The summed E-state index contributed by atoms with van der Waals surface area (Å²) in [6.45, 7) is 20.5. The van der Waals surface area contributed by atoms with Crippen LogP contribution in [0.4, 0.5) is 26.3 Å². The Labute approximate surface area is 597 Å². The molecule has 34 nitrogen and oxygen atoms in total. The average molecular weight is 1500 g/mol. The smallest absolute Gasteiger partial charge is 0.475 e. The molecule has 0 aromatic heterocycles. The van der Waals surface area contributed by atoms with Crippen LogP contribution in [0.15, 0.2) is 35.3 Å². The summed E-state index contributed by atoms with van der Waals surface area (Å²) >= 11 is 0. The highest BCUT2D eigenvalue weighted by Gasteiger charge is 2.44. The van der Waals surface area contributed by atoms with Gasteiger partial charge in [0.15, 0.2) is 5.96 Å². The standard InChI is InChI=1S/C60H103N15O15.2C2HF3O2/c1-15-31(4)41-54(88)72-42(32(5)78)53(87)65-27-40(79)66-38(28-76)51(85)70-39(29-77)52(86)73-43(33-20-17-16-18-21-33)44(74-50(84)37(26-60(12,13)14)68-47(81)34(61)24-58(6,7)8)55(89)75-45(46(80)30(2)3)56(90)69-36(25-59(9,10)11)49(83)67-35(48(82)71-41)22-19-23-64-57(62)63;2*3-2(4,5)1(6)7/h16-18,20-21,30-32,34-39,41-46,76-78,80H,15,19,22-29,61H2,1-14H3,(H,65,87)(H,66,79)(H,67,83)(H,68,81)(H,69,90)(H,70,85)(H,71,82)(H,72,88)(H,73,86)(H,74,84)(H,75,89)(H4,62,63,64);2*(H,6,7)/t31-,32-,34+,35+,36-,37-,38-,39-,41-,42-,43+,44-,45-,46+;;/m0../s1. The topological polar surface area (TPSA) is 566 Å². The van der Waals surface area contributed by atoms with E-state index in [0.717, 1.165) is 6.92 Å². The summed E-state index contributed by atoms with van der Waals surface area (Å²) < 4.78 is 63.5. The first-order valence-electron chi connectivity index (χ1n) is 32.9. The van der Waals surface area contributed by atoms with E-state index in [0.29, 0.717) is 0 Å². The number of rotatable bonds is 19. The summed E-state index contributed by atoms with van der Waals surface area (Å²) in [5, 5.41) is 85.4. The van der Waals surface area contributed by atoms with Crippen molar-refractivity contribution in [1.82, 2.24) is 58.5 Å². The van der Waals surface area contributed by atoms with Crippen LogP contribution in [-0.4, -0.2) is 225 Å². The Morgan fingerprint density at radius 2 is 1.02 bits per heavy atom. The van der Waals surface area contributed by atoms with Crippen molar-refractivity contribution in [3.63, 3.8) is 0 Å². The third kappa shape index (κ3) is 35.9. The van der Waals surface area contributed by atoms with E-state index in [1.54, 1.807) is 61.5 Å². The predicted molar refractivity (Wildman–Crippen MR) is 361 cm³/mol. The van der Waals surface area contributed by atoms with E-state index in [1.807, 2.05) is 20.8 Å². The van der Waals surface area contributed by atoms with Crippen LogP contribution >= 0.6 is 0 Å². The van der Waals surface area contributed by atoms with Gasteiger partial charge in [-0.1, -0.05) is 127 Å². The zero-order valence-electron chi connectivity index (χ0n) is 60.6. The lowest BCUT2D eigenvalue weighted by molar-refractivity contribution is -0.193. The molecular formula is C64H105F6N15O19. The van der Waals surface area contributed by atoms with E-state index in [9.17, 15) is 89.9 Å². The molecule has 1 aliphatic rings. The lowest BCUT2D eigenvalue weighted by Crippen LogP contribution is -2.65. The number of nitrogens with two attached hydrogens (primary N) is 3. The number of aliphatic hydroxyl groups excluding tert-OH is 4. The highest BCUT2D eigenvalue weighted by atomic mass is 19.4. The summed E-state index contributed by atoms with van der Waals surface area (Å²) in [6, 6.07) is -10.8. The molecule has 1 fully saturated rings. The minimum Gasteiger partial charge on any atom is -0.475 e. The van der Waals surface area contributed by atoms with Crippen LogP contribution in [0, 0.1) is 28.1 Å². The number of nitrogens with zero attached hydrogens (tertiary/aromatic N) is 1. The molecular weight excluding hydrogens is 1400 g/mol. The molecule has 1 aromatic carbocycles. The molecule has 14 atom stereocenters. The van der Waals surface area contributed by atoms with Crippen LogP contribution in [0.1, 0.15) is 147 Å². The number of amides is 11. The second-order valence-electron chi connectivity index (χ2n) is 28.6. The number of alkyl halides is 6. The summed E-state index contributed by atoms with van der Waals surface area (Å²) in [5.74, 6) is -18.9. The average Bonchev–Trinajstić information content (AvgIpc) is 0.809. The van der Waals surface area contributed by atoms with Crippen molar-refractivity contribution >= 4 is 82.9 Å². The van der Waals surface area contributed by atoms with E-state index in [-0.39, 0.29) is 56.6 Å². The van der Waals surface area contributed by atoms with Crippen molar-refractivity contribution in [3.8, 4) is 0 Å². The van der Waals surface area contributed by atoms with Gasteiger partial charge < -0.3 is 106 Å². The molecule has 23 N–H and O–H groups in total. The molecule has 1 heterocycles. The molecule has 1 aliphatic heterocycles. The van der Waals surface area contributed by atoms with Gasteiger partial charge in [0.2, 0.25) is 65.0 Å². The number of hydrogen-bond acceptors (Lipinski definition) is 19. The van der Waals surface area contributed by atoms with E-state index >= 15 is 9.59 Å². The highest BCUT2D eigenvalue weighted by Crippen LogP contribution is 2.26. The lowest BCUT2D eigenvalue weighted by Gasteiger charge is -2.35. The Balaban J connectivity index is 0.00000682. The molecule has 0 aliphatic carbocycles. The molecule has 0 spiro atoms. The van der Waals surface area contributed by atoms with E-state index < -0.39 is 216 Å². The van der Waals surface area contributed by atoms with Crippen molar-refractivity contribution in [2.75, 3.05) is 26.3 Å². The SMILES string of the molecule is CC[C@H](C)[C@@H]1NC(=O)[C@@H](CCCN=C(N)N)NC(=O)[C@H](CC(C)(C)C)NC(=O)[C@H]([C@H](O)C(C)C)NC(=O)[C@@H](NC(=O)[C@H](CC(C)(C)C)NC(=O)[C@H](N)CC(C)(C)C)[C@@H](c2ccccc2)NC(=O)[C@H](CO)NC(=O)[C@H](CO)NC(=O)CNC(=O)[C@H]([C@H](C)O)NC1=O.O=C(O)C(F)(F)F.O=C(O)C(F)(F)F. The molecule has 592 valence electrons. The Hall–Kier alpha value is -9.02. The largest absolute Gasteiger partial charge is 0.490 e. The van der Waals surface area contributed by atoms with Gasteiger partial charge in [-0.25, -0.2) is 9.59 Å². The normalized spacial score (nSPS) is 23.0. The minimum absolute atomic E-state index is 0.0271. The fourth-order valence-electron chi connectivity index (χ4n) is 9.53. The van der Waals surface area contributed by atoms with Gasteiger partial charge >= 0.3 is 24.3 Å². The maximum absolute atomic E-state index is 15.5. The number of aliphatic imine (C=N–C) groups is 1. The van der Waals surface area contributed by atoms with Gasteiger partial charge in [-0.2, -0.15) is 26.3 Å². The zero-order valence-corrected chi connectivity index (χ0v) is 60.6. The first-order chi connectivity index (χ1) is 47.5. The van der Waals surface area contributed by atoms with Gasteiger partial charge in [-0.05, 0) is 72.7 Å². The first kappa shape index (κ1) is 95.0. The van der Waals surface area contributed by atoms with Crippen LogP contribution in [0.3, 0.4) is 0 Å². The van der Waals surface area contributed by atoms with Gasteiger partial charge in [0.25, 0.3) is 0 Å². The Morgan fingerprint density at radius 1 is 0.577 bits per heavy atom. The van der Waals surface area contributed by atoms with Crippen molar-refractivity contribution < 1.29 is 119 Å². The molecule has 0 radical (unpaired) electrons. The third-order valence-electron chi connectivity index (χ3n) is 15.0. The second-order valence-corrected chi connectivity index (χ2v) is 28.6. The van der Waals surface area contributed by atoms with Gasteiger partial charge in [0.05, 0.1) is 44.1 Å². The maximum Gasteiger partial charge on any atom is 0.490 e. The molecule has 104 heavy (non-hydrogen) atoms. The van der Waals surface area contributed by atoms with Crippen molar-refractivity contribution in [1.29, 1.82) is 0 Å². The lowest BCUT2D eigenvalue weighted by atomic mass is 9.86. The third-order valence-corrected chi connectivity index (χ3v) is 15.0. The van der Waals surface area contributed by atoms with E-state index in [4.69, 9.17) is 37.0 Å². The number of benzene rings is 1. The second kappa shape index (κ2) is 42.7. The predicted octanol–water partition coefficient (Wildman–Crippen LogP) is -2.28. The molecule has 0 bridgehead atoms. The van der Waals surface area contributed by atoms with Crippen LogP contribution < -0.4 is 75.7 Å². The number of carboxylic acids is 2. The fourth-order valence-corrected chi connectivity index (χ4v) is 9.53. The number of guanidine groups is 1. The van der Waals surface area contributed by atoms with Crippen LogP contribution in [-0.2, 0) is 62.3 Å². The summed E-state index contributed by atoms with van der Waals surface area (Å²) in [7, 11) is 0. The number of carboxylic acid groups (broad SMARTS) is 2. The number of aliphatic hydroxyl groups is 4. The van der Waals surface area contributed by atoms with Crippen LogP contribution in [0.25, 0.3) is 0 Å². The molecule has 1 saturated heterocycles. The summed E-state index contributed by atoms with van der Waals surface area (Å²) in [6.07, 6.45) is -13.4. The molecule has 40 heteroatoms. The number of aliphatic carboxylic acids is 2. The van der Waals surface area contributed by atoms with Crippen molar-refractivity contribution in [3.05, 3.63) is 35.9 Å². The Bertz CT molecular complexity index is 3060. The van der Waals surface area contributed by atoms with Crippen molar-refractivity contribution in [2.45, 2.75) is 226 Å². The van der Waals surface area contributed by atoms with Gasteiger partial charge in [-0.3, -0.25) is 57.7 Å². The number of hydrogen-bond donors (Lipinski definition) is 20. The van der Waals surface area contributed by atoms with Crippen molar-refractivity contribution in [2.24, 2.45) is 50.3 Å². The number of nitrogens with one attached hydrogen (secondary N) is 11. The Kier molecular flexibility index (Phi) is 39.0. The summed E-state index contributed by atoms with van der Waals surface area (Å²) in [5.41, 5.74) is 15.7. The highest BCUT2D eigenvalue weighted by molar-refractivity contribution is 6.00. The fraction of sp³-hybridized carbons (Fsp3) is 0.688. The van der Waals surface area contributed by atoms with Gasteiger partial charge in [-0.15, -0.1) is 0 Å². The van der Waals surface area contributed by atoms with Gasteiger partial charge in [0.1, 0.15) is 54.4 Å². The molecule has 0 saturated carbocycles. The maximum atomic E-state index is 15.5. The monoisotopic (exact) mass is 1500 g/mol. The number of carbonyl (C=O) groups excluding carboxylic acids is 11. The number of halogens is 6. The van der Waals surface area contributed by atoms with Crippen LogP contribution in [0.2, 0.25) is 0 Å². The molecule has 0 unspecified atom stereocenters. The van der Waals surface area contributed by atoms with E-state index in [2.05, 4.69) is 63.5 Å². The van der Waals surface area contributed by atoms with E-state index in [1.165, 1.54) is 38.1 Å². The van der Waals surface area contributed by atoms with Crippen LogP contribution in [0.5, 0.6) is 0 Å². The molecule has 2 rings (SSSR count). The minimum atomic E-state index is -5.08.